The van der Waals surface area contributed by atoms with Crippen molar-refractivity contribution in [3.05, 3.63) is 24.8 Å². The van der Waals surface area contributed by atoms with E-state index in [9.17, 15) is 8.42 Å². The van der Waals surface area contributed by atoms with Gasteiger partial charge in [-0.2, -0.15) is 5.10 Å². The summed E-state index contributed by atoms with van der Waals surface area (Å²) in [6.45, 7) is 0.342. The van der Waals surface area contributed by atoms with Gasteiger partial charge in [-0.15, -0.1) is 0 Å². The largest absolute Gasteiger partial charge is 0.329 e. The quantitative estimate of drug-likeness (QED) is 0.610. The first-order chi connectivity index (χ1) is 8.99. The molecular formula is C10H15N5O2S2. The van der Waals surface area contributed by atoms with Gasteiger partial charge in [0.15, 0.2) is 5.16 Å². The molecule has 19 heavy (non-hydrogen) atoms. The van der Waals surface area contributed by atoms with Crippen molar-refractivity contribution < 1.29 is 8.42 Å². The summed E-state index contributed by atoms with van der Waals surface area (Å²) in [6.07, 6.45) is 6.35. The minimum Gasteiger partial charge on any atom is -0.329 e. The second-order valence-electron chi connectivity index (χ2n) is 3.92. The fraction of sp³-hybridized carbons (Fsp3) is 0.400. The molecule has 0 radical (unpaired) electrons. The highest BCUT2D eigenvalue weighted by Crippen LogP contribution is 2.13. The van der Waals surface area contributed by atoms with E-state index in [1.54, 1.807) is 13.2 Å². The molecule has 1 N–H and O–H groups in total. The van der Waals surface area contributed by atoms with Gasteiger partial charge in [0.25, 0.3) is 0 Å². The lowest BCUT2D eigenvalue weighted by Gasteiger charge is -2.04. The summed E-state index contributed by atoms with van der Waals surface area (Å²) >= 11 is 1.50. The number of thioether (sulfide) groups is 1. The van der Waals surface area contributed by atoms with Crippen LogP contribution < -0.4 is 4.72 Å². The normalized spacial score (nSPS) is 11.9. The molecule has 7 nitrogen and oxygen atoms in total. The van der Waals surface area contributed by atoms with Gasteiger partial charge in [0.1, 0.15) is 4.90 Å². The smallest absolute Gasteiger partial charge is 0.243 e. The van der Waals surface area contributed by atoms with Gasteiger partial charge in [-0.3, -0.25) is 4.68 Å². The summed E-state index contributed by atoms with van der Waals surface area (Å²) in [6, 6.07) is 0. The van der Waals surface area contributed by atoms with Crippen molar-refractivity contribution in [2.24, 2.45) is 14.1 Å². The number of aromatic nitrogens is 4. The molecule has 2 rings (SSSR count). The van der Waals surface area contributed by atoms with E-state index in [0.717, 1.165) is 5.16 Å². The van der Waals surface area contributed by atoms with Crippen molar-refractivity contribution >= 4 is 21.8 Å². The Morgan fingerprint density at radius 3 is 2.79 bits per heavy atom. The highest BCUT2D eigenvalue weighted by atomic mass is 32.2. The number of hydrogen-bond donors (Lipinski definition) is 1. The molecule has 2 aromatic rings. The zero-order chi connectivity index (χ0) is 13.9. The number of nitrogens with zero attached hydrogens (tertiary/aromatic N) is 4. The Hall–Kier alpha value is -1.32. The molecule has 0 aliphatic carbocycles. The van der Waals surface area contributed by atoms with Crippen molar-refractivity contribution in [2.75, 3.05) is 12.3 Å². The lowest BCUT2D eigenvalue weighted by Crippen LogP contribution is -2.25. The van der Waals surface area contributed by atoms with Crippen LogP contribution in [0.2, 0.25) is 0 Å². The van der Waals surface area contributed by atoms with Crippen LogP contribution in [0.15, 0.2) is 34.8 Å². The molecular weight excluding hydrogens is 286 g/mol. The molecule has 0 spiro atoms. The van der Waals surface area contributed by atoms with Gasteiger partial charge >= 0.3 is 0 Å². The van der Waals surface area contributed by atoms with Gasteiger partial charge in [0.05, 0.1) is 6.20 Å². The van der Waals surface area contributed by atoms with Crippen molar-refractivity contribution in [1.82, 2.24) is 24.1 Å². The number of rotatable bonds is 6. The van der Waals surface area contributed by atoms with Gasteiger partial charge in [-0.05, 0) is 0 Å². The third-order valence-electron chi connectivity index (χ3n) is 2.39. The topological polar surface area (TPSA) is 81.8 Å². The van der Waals surface area contributed by atoms with Crippen LogP contribution in [-0.2, 0) is 24.1 Å². The van der Waals surface area contributed by atoms with Gasteiger partial charge < -0.3 is 4.57 Å². The highest BCUT2D eigenvalue weighted by Gasteiger charge is 2.15. The van der Waals surface area contributed by atoms with Gasteiger partial charge in [0.2, 0.25) is 10.0 Å². The first kappa shape index (κ1) is 14.1. The Labute approximate surface area is 116 Å². The van der Waals surface area contributed by atoms with E-state index < -0.39 is 10.0 Å². The van der Waals surface area contributed by atoms with Crippen LogP contribution in [-0.4, -0.2) is 40.0 Å². The van der Waals surface area contributed by atoms with E-state index in [1.165, 1.54) is 28.8 Å². The summed E-state index contributed by atoms with van der Waals surface area (Å²) in [5.74, 6) is 0.615. The molecule has 0 fully saturated rings. The van der Waals surface area contributed by atoms with E-state index >= 15 is 0 Å². The van der Waals surface area contributed by atoms with Gasteiger partial charge in [0, 0.05) is 45.0 Å². The molecule has 104 valence electrons. The molecule has 2 aromatic heterocycles. The predicted molar refractivity (Wildman–Crippen MR) is 72.3 cm³/mol. The third-order valence-corrected chi connectivity index (χ3v) is 4.87. The number of aryl methyl sites for hydroxylation is 2. The lowest BCUT2D eigenvalue weighted by atomic mass is 10.7. The average Bonchev–Trinajstić information content (AvgIpc) is 2.94. The Morgan fingerprint density at radius 1 is 1.42 bits per heavy atom. The van der Waals surface area contributed by atoms with Crippen molar-refractivity contribution in [2.45, 2.75) is 10.1 Å². The summed E-state index contributed by atoms with van der Waals surface area (Å²) in [5.41, 5.74) is 0. The fourth-order valence-corrected chi connectivity index (χ4v) is 3.36. The number of hydrogen-bond acceptors (Lipinski definition) is 5. The maximum atomic E-state index is 11.9. The van der Waals surface area contributed by atoms with E-state index in [-0.39, 0.29) is 4.90 Å². The molecule has 0 bridgehead atoms. The van der Waals surface area contributed by atoms with Crippen molar-refractivity contribution in [1.29, 1.82) is 0 Å². The van der Waals surface area contributed by atoms with E-state index in [1.807, 2.05) is 17.8 Å². The van der Waals surface area contributed by atoms with E-state index in [4.69, 9.17) is 0 Å². The highest BCUT2D eigenvalue weighted by molar-refractivity contribution is 7.99. The average molecular weight is 301 g/mol. The predicted octanol–water partition coefficient (Wildman–Crippen LogP) is 0.224. The van der Waals surface area contributed by atoms with Crippen LogP contribution in [0.3, 0.4) is 0 Å². The molecule has 0 aromatic carbocycles. The van der Waals surface area contributed by atoms with Crippen molar-refractivity contribution in [3.63, 3.8) is 0 Å². The minimum absolute atomic E-state index is 0.178. The molecule has 0 saturated carbocycles. The van der Waals surface area contributed by atoms with E-state index in [0.29, 0.717) is 12.3 Å². The van der Waals surface area contributed by atoms with Crippen molar-refractivity contribution in [3.8, 4) is 0 Å². The first-order valence-electron chi connectivity index (χ1n) is 5.57. The van der Waals surface area contributed by atoms with Crippen LogP contribution in [0, 0.1) is 0 Å². The zero-order valence-electron chi connectivity index (χ0n) is 10.6. The van der Waals surface area contributed by atoms with Crippen LogP contribution in [0.5, 0.6) is 0 Å². The van der Waals surface area contributed by atoms with Crippen LogP contribution in [0.4, 0.5) is 0 Å². The minimum atomic E-state index is -3.46. The van der Waals surface area contributed by atoms with Crippen LogP contribution >= 0.6 is 11.8 Å². The Kier molecular flexibility index (Phi) is 4.27. The Morgan fingerprint density at radius 2 is 2.21 bits per heavy atom. The summed E-state index contributed by atoms with van der Waals surface area (Å²) in [5, 5.41) is 4.70. The molecule has 2 heterocycles. The molecule has 0 saturated heterocycles. The maximum absolute atomic E-state index is 11.9. The summed E-state index contributed by atoms with van der Waals surface area (Å²) in [7, 11) is 0.110. The van der Waals surface area contributed by atoms with Crippen LogP contribution in [0.1, 0.15) is 0 Å². The monoisotopic (exact) mass is 301 g/mol. The number of nitrogens with one attached hydrogen (secondary N) is 1. The molecule has 0 unspecified atom stereocenters. The molecule has 0 amide bonds. The van der Waals surface area contributed by atoms with Crippen LogP contribution in [0.25, 0.3) is 0 Å². The molecule has 0 aliphatic heterocycles. The van der Waals surface area contributed by atoms with Gasteiger partial charge in [-0.1, -0.05) is 11.8 Å². The Balaban J connectivity index is 1.84. The standard InChI is InChI=1S/C10H15N5O2S2/c1-14-5-3-11-10(14)18-6-4-13-19(16,17)9-7-12-15(2)8-9/h3,5,7-8,13H,4,6H2,1-2H3. The maximum Gasteiger partial charge on any atom is 0.243 e. The fourth-order valence-electron chi connectivity index (χ4n) is 1.43. The first-order valence-corrected chi connectivity index (χ1v) is 8.04. The molecule has 9 heteroatoms. The summed E-state index contributed by atoms with van der Waals surface area (Å²) in [4.78, 5) is 4.32. The van der Waals surface area contributed by atoms with E-state index in [2.05, 4.69) is 14.8 Å². The summed E-state index contributed by atoms with van der Waals surface area (Å²) < 4.78 is 29.6. The lowest BCUT2D eigenvalue weighted by molar-refractivity contribution is 0.584. The Bertz CT molecular complexity index is 646. The zero-order valence-corrected chi connectivity index (χ0v) is 12.3. The SMILES string of the molecule is Cn1cc(S(=O)(=O)NCCSc2nccn2C)cn1. The van der Waals surface area contributed by atoms with Gasteiger partial charge in [-0.25, -0.2) is 18.1 Å². The second kappa shape index (κ2) is 5.76. The number of imidazole rings is 1. The molecule has 0 aliphatic rings. The number of sulfonamides is 1. The second-order valence-corrected chi connectivity index (χ2v) is 6.75. The third kappa shape index (κ3) is 3.58. The molecule has 0 atom stereocenters.